The number of Topliss-reactive ketones (excluding diaryl/α,β-unsaturated/α-hetero) is 1. The number of aromatic nitrogens is 2. The molecule has 0 unspecified atom stereocenters. The second kappa shape index (κ2) is 4.72. The van der Waals surface area contributed by atoms with Gasteiger partial charge < -0.3 is 5.11 Å². The van der Waals surface area contributed by atoms with Crippen LogP contribution in [0, 0.1) is 34.5 Å². The Bertz CT molecular complexity index is 698. The van der Waals surface area contributed by atoms with E-state index in [1.165, 1.54) is 24.1 Å². The summed E-state index contributed by atoms with van der Waals surface area (Å²) in [7, 11) is 0. The average Bonchev–Trinajstić information content (AvgIpc) is 3.08. The van der Waals surface area contributed by atoms with Crippen molar-refractivity contribution in [3.8, 4) is 0 Å². The standard InChI is InChI=1S/C20H28N2O2/c1-19-6-5-14-13(15(19)8-17(23)18(19)24)4-3-12-7-16-11(10-21-22-16)9-20(12,14)2/h10,12-15,17,23H,3-9H2,1-2H3,(H,21,22)/t12-,13+,14-,15-,17+,19-,20-/m0/s1. The SMILES string of the molecule is C[C@]12Cc3cn[nH]c3C[C@@H]1CC[C@@H]1[C@@H]2CC[C@]2(C)C(=O)[C@H](O)C[C@@H]12. The third-order valence-corrected chi connectivity index (χ3v) is 8.63. The molecule has 130 valence electrons. The molecular formula is C20H28N2O2. The number of carbonyl (C=O) groups is 1. The van der Waals surface area contributed by atoms with E-state index in [-0.39, 0.29) is 11.2 Å². The van der Waals surface area contributed by atoms with Gasteiger partial charge in [-0.15, -0.1) is 0 Å². The first-order chi connectivity index (χ1) is 11.4. The molecule has 24 heavy (non-hydrogen) atoms. The molecule has 4 heteroatoms. The molecule has 1 aromatic rings. The number of aliphatic hydroxyl groups excluding tert-OH is 1. The maximum Gasteiger partial charge on any atom is 0.167 e. The topological polar surface area (TPSA) is 66.0 Å². The number of aliphatic hydroxyl groups is 1. The Morgan fingerprint density at radius 2 is 2.08 bits per heavy atom. The number of H-pyrrole nitrogens is 1. The molecule has 3 saturated carbocycles. The Labute approximate surface area is 143 Å². The second-order valence-electron chi connectivity index (χ2n) is 9.48. The lowest BCUT2D eigenvalue weighted by molar-refractivity contribution is -0.140. The summed E-state index contributed by atoms with van der Waals surface area (Å²) in [5, 5.41) is 17.7. The summed E-state index contributed by atoms with van der Waals surface area (Å²) in [5.74, 6) is 2.55. The molecule has 4 nitrogen and oxygen atoms in total. The zero-order chi connectivity index (χ0) is 16.7. The van der Waals surface area contributed by atoms with E-state index in [0.29, 0.717) is 29.6 Å². The van der Waals surface area contributed by atoms with Gasteiger partial charge in [0.05, 0.1) is 6.20 Å². The Morgan fingerprint density at radius 3 is 2.92 bits per heavy atom. The molecule has 5 rings (SSSR count). The van der Waals surface area contributed by atoms with Crippen molar-refractivity contribution in [2.24, 2.45) is 34.5 Å². The van der Waals surface area contributed by atoms with Crippen molar-refractivity contribution in [1.29, 1.82) is 0 Å². The first kappa shape index (κ1) is 15.1. The van der Waals surface area contributed by atoms with E-state index in [4.69, 9.17) is 0 Å². The maximum atomic E-state index is 12.6. The van der Waals surface area contributed by atoms with Crippen LogP contribution < -0.4 is 0 Å². The minimum Gasteiger partial charge on any atom is -0.385 e. The number of hydrogen-bond donors (Lipinski definition) is 2. The first-order valence-electron chi connectivity index (χ1n) is 9.67. The molecule has 2 N–H and O–H groups in total. The molecule has 0 radical (unpaired) electrons. The van der Waals surface area contributed by atoms with Crippen LogP contribution in [0.1, 0.15) is 57.2 Å². The van der Waals surface area contributed by atoms with Crippen LogP contribution in [0.15, 0.2) is 6.20 Å². The molecule has 1 aromatic heterocycles. The number of nitrogens with one attached hydrogen (secondary N) is 1. The summed E-state index contributed by atoms with van der Waals surface area (Å²) in [6.45, 7) is 4.64. The lowest BCUT2D eigenvalue weighted by Gasteiger charge is -2.59. The Morgan fingerprint density at radius 1 is 1.25 bits per heavy atom. The van der Waals surface area contributed by atoms with E-state index in [1.807, 2.05) is 6.20 Å². The first-order valence-corrected chi connectivity index (χ1v) is 9.67. The van der Waals surface area contributed by atoms with Gasteiger partial charge in [-0.05, 0) is 79.6 Å². The van der Waals surface area contributed by atoms with Crippen LogP contribution in [-0.2, 0) is 17.6 Å². The third-order valence-electron chi connectivity index (χ3n) is 8.63. The number of carbonyl (C=O) groups excluding carboxylic acids is 1. The summed E-state index contributed by atoms with van der Waals surface area (Å²) < 4.78 is 0. The van der Waals surface area contributed by atoms with Crippen molar-refractivity contribution >= 4 is 5.78 Å². The molecule has 0 spiro atoms. The van der Waals surface area contributed by atoms with E-state index in [1.54, 1.807) is 0 Å². The zero-order valence-electron chi connectivity index (χ0n) is 14.7. The van der Waals surface area contributed by atoms with Crippen molar-refractivity contribution in [1.82, 2.24) is 10.2 Å². The highest BCUT2D eigenvalue weighted by atomic mass is 16.3. The minimum atomic E-state index is -0.712. The number of nitrogens with zero attached hydrogens (tertiary/aromatic N) is 1. The molecule has 7 atom stereocenters. The number of ketones is 1. The van der Waals surface area contributed by atoms with Gasteiger partial charge in [-0.3, -0.25) is 9.89 Å². The van der Waals surface area contributed by atoms with Crippen LogP contribution in [-0.4, -0.2) is 27.2 Å². The van der Waals surface area contributed by atoms with Crippen molar-refractivity contribution in [2.75, 3.05) is 0 Å². The summed E-state index contributed by atoms with van der Waals surface area (Å²) >= 11 is 0. The van der Waals surface area contributed by atoms with Gasteiger partial charge in [0.1, 0.15) is 6.10 Å². The van der Waals surface area contributed by atoms with Gasteiger partial charge in [0.15, 0.2) is 5.78 Å². The number of hydrogen-bond acceptors (Lipinski definition) is 3. The van der Waals surface area contributed by atoms with Crippen LogP contribution in [0.2, 0.25) is 0 Å². The fraction of sp³-hybridized carbons (Fsp3) is 0.800. The Kier molecular flexibility index (Phi) is 2.97. The summed E-state index contributed by atoms with van der Waals surface area (Å²) in [4.78, 5) is 12.6. The number of rotatable bonds is 0. The van der Waals surface area contributed by atoms with E-state index in [2.05, 4.69) is 24.0 Å². The van der Waals surface area contributed by atoms with Gasteiger partial charge in [0.25, 0.3) is 0 Å². The van der Waals surface area contributed by atoms with E-state index in [9.17, 15) is 9.90 Å². The quantitative estimate of drug-likeness (QED) is 0.769. The summed E-state index contributed by atoms with van der Waals surface area (Å²) in [5.41, 5.74) is 2.82. The van der Waals surface area contributed by atoms with Gasteiger partial charge in [0.2, 0.25) is 0 Å². The summed E-state index contributed by atoms with van der Waals surface area (Å²) in [6.07, 6.45) is 8.89. The minimum absolute atomic E-state index is 0.124. The molecular weight excluding hydrogens is 300 g/mol. The second-order valence-corrected chi connectivity index (χ2v) is 9.48. The van der Waals surface area contributed by atoms with Gasteiger partial charge in [-0.2, -0.15) is 5.10 Å². The third kappa shape index (κ3) is 1.73. The lowest BCUT2D eigenvalue weighted by atomic mass is 9.45. The monoisotopic (exact) mass is 328 g/mol. The van der Waals surface area contributed by atoms with Gasteiger partial charge >= 0.3 is 0 Å². The number of fused-ring (bicyclic) bond motifs is 6. The van der Waals surface area contributed by atoms with Crippen molar-refractivity contribution in [3.63, 3.8) is 0 Å². The fourth-order valence-corrected chi connectivity index (χ4v) is 7.26. The van der Waals surface area contributed by atoms with Crippen molar-refractivity contribution < 1.29 is 9.90 Å². The molecule has 4 aliphatic rings. The van der Waals surface area contributed by atoms with E-state index >= 15 is 0 Å². The van der Waals surface area contributed by atoms with Crippen LogP contribution in [0.25, 0.3) is 0 Å². The fourth-order valence-electron chi connectivity index (χ4n) is 7.26. The zero-order valence-corrected chi connectivity index (χ0v) is 14.7. The van der Waals surface area contributed by atoms with Crippen molar-refractivity contribution in [3.05, 3.63) is 17.5 Å². The molecule has 4 aliphatic carbocycles. The number of aromatic amines is 1. The predicted molar refractivity (Wildman–Crippen MR) is 90.3 cm³/mol. The largest absolute Gasteiger partial charge is 0.385 e. The maximum absolute atomic E-state index is 12.6. The van der Waals surface area contributed by atoms with Crippen LogP contribution >= 0.6 is 0 Å². The highest BCUT2D eigenvalue weighted by molar-refractivity contribution is 5.91. The molecule has 3 fully saturated rings. The van der Waals surface area contributed by atoms with Crippen LogP contribution in [0.5, 0.6) is 0 Å². The highest BCUT2D eigenvalue weighted by Gasteiger charge is 2.62. The molecule has 0 saturated heterocycles. The van der Waals surface area contributed by atoms with E-state index < -0.39 is 6.10 Å². The molecule has 1 heterocycles. The Hall–Kier alpha value is -1.16. The van der Waals surface area contributed by atoms with Crippen LogP contribution in [0.4, 0.5) is 0 Å². The average molecular weight is 328 g/mol. The van der Waals surface area contributed by atoms with Crippen LogP contribution in [0.3, 0.4) is 0 Å². The highest BCUT2D eigenvalue weighted by Crippen LogP contribution is 2.64. The molecule has 0 bridgehead atoms. The van der Waals surface area contributed by atoms with Crippen molar-refractivity contribution in [2.45, 2.75) is 64.9 Å². The molecule has 0 amide bonds. The summed E-state index contributed by atoms with van der Waals surface area (Å²) in [6, 6.07) is 0. The van der Waals surface area contributed by atoms with Gasteiger partial charge in [-0.1, -0.05) is 13.8 Å². The Balaban J connectivity index is 1.51. The normalized spacial score (nSPS) is 50.0. The van der Waals surface area contributed by atoms with E-state index in [0.717, 1.165) is 31.6 Å². The van der Waals surface area contributed by atoms with Gasteiger partial charge in [-0.25, -0.2) is 0 Å². The lowest BCUT2D eigenvalue weighted by Crippen LogP contribution is -2.54. The predicted octanol–water partition coefficient (Wildman–Crippen LogP) is 2.91. The molecule has 0 aliphatic heterocycles. The smallest absolute Gasteiger partial charge is 0.167 e. The molecule has 0 aromatic carbocycles. The van der Waals surface area contributed by atoms with Gasteiger partial charge in [0, 0.05) is 11.1 Å².